The zero-order valence-corrected chi connectivity index (χ0v) is 21.7. The molecule has 5 nitrogen and oxygen atoms in total. The van der Waals surface area contributed by atoms with E-state index in [-0.39, 0.29) is 34.2 Å². The van der Waals surface area contributed by atoms with Gasteiger partial charge in [0, 0.05) is 17.7 Å². The molecule has 4 rings (SSSR count). The predicted octanol–water partition coefficient (Wildman–Crippen LogP) is 6.34. The summed E-state index contributed by atoms with van der Waals surface area (Å²) in [7, 11) is -3.40. The molecule has 0 atom stereocenters. The molecule has 0 unspecified atom stereocenters. The van der Waals surface area contributed by atoms with Crippen molar-refractivity contribution in [1.29, 1.82) is 0 Å². The molecule has 0 saturated heterocycles. The van der Waals surface area contributed by atoms with Crippen LogP contribution in [0.2, 0.25) is 0 Å². The molecule has 0 aromatic heterocycles. The fourth-order valence-corrected chi connectivity index (χ4v) is 5.84. The molecule has 0 spiro atoms. The molecule has 0 radical (unpaired) electrons. The fourth-order valence-electron chi connectivity index (χ4n) is 4.15. The van der Waals surface area contributed by atoms with Crippen LogP contribution >= 0.6 is 0 Å². The van der Waals surface area contributed by atoms with E-state index < -0.39 is 45.9 Å². The maximum Gasteiger partial charge on any atom is 0.430 e. The van der Waals surface area contributed by atoms with Crippen LogP contribution in [0.1, 0.15) is 39.9 Å². The van der Waals surface area contributed by atoms with Gasteiger partial charge in [0.2, 0.25) is 0 Å². The van der Waals surface area contributed by atoms with Crippen molar-refractivity contribution in [2.45, 2.75) is 48.8 Å². The molecule has 1 aliphatic rings. The van der Waals surface area contributed by atoms with Crippen LogP contribution in [0.15, 0.2) is 83.8 Å². The van der Waals surface area contributed by atoms with Crippen LogP contribution in [0.25, 0.3) is 0 Å². The van der Waals surface area contributed by atoms with E-state index in [4.69, 9.17) is 0 Å². The molecule has 214 valence electrons. The van der Waals surface area contributed by atoms with Crippen LogP contribution in [0, 0.1) is 5.92 Å². The van der Waals surface area contributed by atoms with E-state index >= 15 is 0 Å². The number of sulfone groups is 1. The van der Waals surface area contributed by atoms with E-state index in [9.17, 15) is 39.6 Å². The van der Waals surface area contributed by atoms with Crippen LogP contribution in [0.3, 0.4) is 0 Å². The Labute approximate surface area is 227 Å². The van der Waals surface area contributed by atoms with E-state index in [1.54, 1.807) is 6.07 Å². The average Bonchev–Trinajstić information content (AvgIpc) is 3.70. The van der Waals surface area contributed by atoms with Crippen molar-refractivity contribution in [3.63, 3.8) is 0 Å². The summed E-state index contributed by atoms with van der Waals surface area (Å²) in [4.78, 5) is 12.7. The van der Waals surface area contributed by atoms with E-state index in [0.717, 1.165) is 25.0 Å². The summed E-state index contributed by atoms with van der Waals surface area (Å²) in [6, 6.07) is 15.9. The van der Waals surface area contributed by atoms with Gasteiger partial charge in [0.05, 0.1) is 17.3 Å². The van der Waals surface area contributed by atoms with Crippen LogP contribution in [-0.4, -0.2) is 32.4 Å². The van der Waals surface area contributed by atoms with Crippen molar-refractivity contribution in [2.75, 3.05) is 5.75 Å². The van der Waals surface area contributed by atoms with Gasteiger partial charge in [0.15, 0.2) is 9.84 Å². The van der Waals surface area contributed by atoms with Crippen LogP contribution < -0.4 is 5.32 Å². The molecular weight excluding hydrogens is 560 g/mol. The zero-order chi connectivity index (χ0) is 29.2. The minimum Gasteiger partial charge on any atom is -0.349 e. The summed E-state index contributed by atoms with van der Waals surface area (Å²) < 4.78 is 114. The van der Waals surface area contributed by atoms with Crippen LogP contribution in [-0.2, 0) is 33.3 Å². The zero-order valence-electron chi connectivity index (χ0n) is 20.9. The summed E-state index contributed by atoms with van der Waals surface area (Å²) in [5.74, 6) is -0.477. The number of hydrogen-bond acceptors (Lipinski definition) is 4. The number of benzene rings is 3. The quantitative estimate of drug-likeness (QED) is 0.282. The third-order valence-electron chi connectivity index (χ3n) is 6.54. The molecule has 1 fully saturated rings. The molecule has 40 heavy (non-hydrogen) atoms. The Bertz CT molecular complexity index is 1400. The average molecular weight is 586 g/mol. The highest BCUT2D eigenvalue weighted by molar-refractivity contribution is 7.91. The Hall–Kier alpha value is -3.38. The van der Waals surface area contributed by atoms with Gasteiger partial charge in [-0.05, 0) is 54.2 Å². The SMILES string of the molecule is O=C(NCc1ccc(S(=O)(=O)CC2CC2)cc1)c1ccc(C(OCc2ccccc2)(C(F)(F)F)C(F)(F)F)cc1. The van der Waals surface area contributed by atoms with Gasteiger partial charge < -0.3 is 10.1 Å². The van der Waals surface area contributed by atoms with Crippen LogP contribution in [0.5, 0.6) is 0 Å². The van der Waals surface area contributed by atoms with E-state index in [1.165, 1.54) is 48.5 Å². The van der Waals surface area contributed by atoms with E-state index in [1.807, 2.05) is 0 Å². The number of nitrogens with one attached hydrogen (secondary N) is 1. The number of hydrogen-bond donors (Lipinski definition) is 1. The monoisotopic (exact) mass is 585 g/mol. The minimum absolute atomic E-state index is 0.0429. The van der Waals surface area contributed by atoms with Crippen molar-refractivity contribution in [3.05, 3.63) is 101 Å². The second-order valence-electron chi connectivity index (χ2n) is 9.58. The summed E-state index contributed by atoms with van der Waals surface area (Å²) in [6.07, 6.45) is -9.94. The summed E-state index contributed by atoms with van der Waals surface area (Å²) in [6.45, 7) is -0.998. The molecule has 1 aliphatic carbocycles. The summed E-state index contributed by atoms with van der Waals surface area (Å²) >= 11 is 0. The second-order valence-corrected chi connectivity index (χ2v) is 11.6. The van der Waals surface area contributed by atoms with Gasteiger partial charge in [-0.1, -0.05) is 54.6 Å². The number of carbonyl (C=O) groups is 1. The molecule has 12 heteroatoms. The van der Waals surface area contributed by atoms with Gasteiger partial charge in [-0.25, -0.2) is 8.42 Å². The van der Waals surface area contributed by atoms with Crippen LogP contribution in [0.4, 0.5) is 26.3 Å². The first-order valence-electron chi connectivity index (χ1n) is 12.2. The molecule has 0 bridgehead atoms. The maximum absolute atomic E-state index is 14.0. The number of alkyl halides is 6. The van der Waals surface area contributed by atoms with Crippen molar-refractivity contribution >= 4 is 15.7 Å². The van der Waals surface area contributed by atoms with Gasteiger partial charge in [-0.3, -0.25) is 4.79 Å². The lowest BCUT2D eigenvalue weighted by Gasteiger charge is -2.37. The Morgan fingerprint density at radius 3 is 1.90 bits per heavy atom. The topological polar surface area (TPSA) is 72.5 Å². The van der Waals surface area contributed by atoms with E-state index in [0.29, 0.717) is 17.7 Å². The van der Waals surface area contributed by atoms with Crippen molar-refractivity contribution in [2.24, 2.45) is 5.92 Å². The van der Waals surface area contributed by atoms with Crippen molar-refractivity contribution in [3.8, 4) is 0 Å². The van der Waals surface area contributed by atoms with E-state index in [2.05, 4.69) is 10.1 Å². The number of ether oxygens (including phenoxy) is 1. The standard InChI is InChI=1S/C28H25F6NO4S/c29-27(30,31)26(28(32,33)34,39-17-20-4-2-1-3-5-20)23-12-10-22(11-13-23)25(36)35-16-19-8-14-24(15-9-19)40(37,38)18-21-6-7-21/h1-5,8-15,21H,6-7,16-18H2,(H,35,36). The van der Waals surface area contributed by atoms with Crippen molar-refractivity contribution in [1.82, 2.24) is 5.32 Å². The first-order chi connectivity index (χ1) is 18.7. The maximum atomic E-state index is 14.0. The smallest absolute Gasteiger partial charge is 0.349 e. The van der Waals surface area contributed by atoms with Gasteiger partial charge >= 0.3 is 12.4 Å². The number of rotatable bonds is 10. The lowest BCUT2D eigenvalue weighted by atomic mass is 9.90. The van der Waals surface area contributed by atoms with Gasteiger partial charge in [-0.2, -0.15) is 26.3 Å². The predicted molar refractivity (Wildman–Crippen MR) is 134 cm³/mol. The molecule has 3 aromatic carbocycles. The highest BCUT2D eigenvalue weighted by atomic mass is 32.2. The molecule has 0 aliphatic heterocycles. The second kappa shape index (κ2) is 11.2. The third kappa shape index (κ3) is 6.49. The fraction of sp³-hybridized carbons (Fsp3) is 0.321. The lowest BCUT2D eigenvalue weighted by Crippen LogP contribution is -2.55. The van der Waals surface area contributed by atoms with Gasteiger partial charge in [0.25, 0.3) is 11.5 Å². The molecule has 3 aromatic rings. The third-order valence-corrected chi connectivity index (χ3v) is 8.44. The van der Waals surface area contributed by atoms with Gasteiger partial charge in [0.1, 0.15) is 0 Å². The highest BCUT2D eigenvalue weighted by Crippen LogP contribution is 2.53. The largest absolute Gasteiger partial charge is 0.430 e. The minimum atomic E-state index is -5.86. The number of carbonyl (C=O) groups excluding carboxylic acids is 1. The first-order valence-corrected chi connectivity index (χ1v) is 13.9. The molecule has 1 saturated carbocycles. The lowest BCUT2D eigenvalue weighted by molar-refractivity contribution is -0.392. The number of amides is 1. The molecular formula is C28H25F6NO4S. The summed E-state index contributed by atoms with van der Waals surface area (Å²) in [5, 5.41) is 2.52. The highest BCUT2D eigenvalue weighted by Gasteiger charge is 2.73. The normalized spacial score (nSPS) is 14.7. The Kier molecular flexibility index (Phi) is 8.32. The van der Waals surface area contributed by atoms with Crippen molar-refractivity contribution < 1.29 is 44.3 Å². The van der Waals surface area contributed by atoms with Gasteiger partial charge in [-0.15, -0.1) is 0 Å². The Balaban J connectivity index is 1.48. The molecule has 1 N–H and O–H groups in total. The summed E-state index contributed by atoms with van der Waals surface area (Å²) in [5.41, 5.74) is -5.34. The molecule has 1 amide bonds. The molecule has 0 heterocycles. The Morgan fingerprint density at radius 1 is 0.800 bits per heavy atom. The number of halogens is 6. The first kappa shape index (κ1) is 29.6. The Morgan fingerprint density at radius 2 is 1.38 bits per heavy atom.